The molecule has 1 saturated heterocycles. The van der Waals surface area contributed by atoms with Crippen molar-refractivity contribution in [1.29, 1.82) is 0 Å². The first-order valence-corrected chi connectivity index (χ1v) is 11.3. The number of β-amino-alcohol motifs (C(OH)–C–C–N with tert-alkyl or cyclic N) is 1. The Labute approximate surface area is 207 Å². The molecule has 184 valence electrons. The number of amides is 4. The van der Waals surface area contributed by atoms with Gasteiger partial charge in [-0.2, -0.15) is 0 Å². The minimum Gasteiger partial charge on any atom is -0.482 e. The molecule has 0 atom stereocenters. The Kier molecular flexibility index (Phi) is 5.60. The second-order valence-electron chi connectivity index (χ2n) is 8.89. The van der Waals surface area contributed by atoms with Crippen molar-refractivity contribution in [2.75, 3.05) is 31.6 Å². The number of likely N-dealkylation sites (N-methyl/N-ethyl adjacent to an activating group) is 1. The topological polar surface area (TPSA) is 119 Å². The van der Waals surface area contributed by atoms with Crippen molar-refractivity contribution < 1.29 is 29.0 Å². The Morgan fingerprint density at radius 2 is 1.83 bits per heavy atom. The summed E-state index contributed by atoms with van der Waals surface area (Å²) in [6, 6.07) is 10.8. The van der Waals surface area contributed by atoms with Gasteiger partial charge in [-0.15, -0.1) is 0 Å². The maximum Gasteiger partial charge on any atom is 0.271 e. The lowest BCUT2D eigenvalue weighted by Crippen LogP contribution is -2.55. The molecule has 4 amide bonds. The maximum absolute atomic E-state index is 13.1. The molecule has 2 aromatic rings. The van der Waals surface area contributed by atoms with Gasteiger partial charge >= 0.3 is 0 Å². The first-order valence-electron chi connectivity index (χ1n) is 11.3. The third-order valence-corrected chi connectivity index (χ3v) is 6.59. The fourth-order valence-electron chi connectivity index (χ4n) is 4.46. The number of ether oxygens (including phenoxy) is 1. The van der Waals surface area contributed by atoms with E-state index >= 15 is 0 Å². The molecule has 0 unspecified atom stereocenters. The predicted octanol–water partition coefficient (Wildman–Crippen LogP) is 1.01. The minimum atomic E-state index is -0.716. The third-order valence-electron chi connectivity index (χ3n) is 6.59. The van der Waals surface area contributed by atoms with E-state index in [0.29, 0.717) is 17.0 Å². The molecule has 3 aliphatic rings. The molecule has 0 aromatic heterocycles. The summed E-state index contributed by atoms with van der Waals surface area (Å²) in [5.41, 5.74) is 3.14. The Morgan fingerprint density at radius 3 is 2.56 bits per heavy atom. The lowest BCUT2D eigenvalue weighted by molar-refractivity contribution is -0.138. The molecule has 5 rings (SSSR count). The SMILES string of the molecule is C=C(NC(=O)C(=C)N1Cc2c(cccc2-c2ccc3c(c2)OCC(=O)N3C)C1=O)C(=O)N1CC(O)C1. The molecule has 3 heterocycles. The van der Waals surface area contributed by atoms with Crippen molar-refractivity contribution in [3.05, 3.63) is 72.1 Å². The van der Waals surface area contributed by atoms with E-state index in [1.54, 1.807) is 25.2 Å². The molecule has 2 N–H and O–H groups in total. The fraction of sp³-hybridized carbons (Fsp3) is 0.231. The van der Waals surface area contributed by atoms with E-state index in [1.807, 2.05) is 18.2 Å². The lowest BCUT2D eigenvalue weighted by Gasteiger charge is -2.36. The van der Waals surface area contributed by atoms with Crippen molar-refractivity contribution in [3.8, 4) is 16.9 Å². The van der Waals surface area contributed by atoms with Crippen LogP contribution in [0.4, 0.5) is 5.69 Å². The minimum absolute atomic E-state index is 0.0484. The molecule has 0 spiro atoms. The number of hydrogen-bond donors (Lipinski definition) is 2. The van der Waals surface area contributed by atoms with Crippen LogP contribution in [0, 0.1) is 0 Å². The third kappa shape index (κ3) is 3.81. The van der Waals surface area contributed by atoms with Gasteiger partial charge in [-0.05, 0) is 34.9 Å². The fourth-order valence-corrected chi connectivity index (χ4v) is 4.46. The second-order valence-corrected chi connectivity index (χ2v) is 8.89. The molecule has 3 aliphatic heterocycles. The van der Waals surface area contributed by atoms with E-state index in [-0.39, 0.29) is 49.4 Å². The summed E-state index contributed by atoms with van der Waals surface area (Å²) in [6.07, 6.45) is -0.576. The number of fused-ring (bicyclic) bond motifs is 2. The summed E-state index contributed by atoms with van der Waals surface area (Å²) in [5, 5.41) is 11.8. The lowest BCUT2D eigenvalue weighted by atomic mass is 9.96. The zero-order valence-electron chi connectivity index (χ0n) is 19.6. The van der Waals surface area contributed by atoms with Crippen LogP contribution in [0.1, 0.15) is 15.9 Å². The van der Waals surface area contributed by atoms with Gasteiger partial charge in [0.1, 0.15) is 11.4 Å². The van der Waals surface area contributed by atoms with Gasteiger partial charge in [0.25, 0.3) is 23.6 Å². The number of benzene rings is 2. The number of aliphatic hydroxyl groups is 1. The van der Waals surface area contributed by atoms with E-state index in [2.05, 4.69) is 18.5 Å². The number of rotatable bonds is 5. The zero-order valence-corrected chi connectivity index (χ0v) is 19.6. The van der Waals surface area contributed by atoms with Gasteiger partial charge in [-0.3, -0.25) is 24.1 Å². The van der Waals surface area contributed by atoms with Gasteiger partial charge in [0, 0.05) is 25.7 Å². The van der Waals surface area contributed by atoms with E-state index in [4.69, 9.17) is 4.74 Å². The van der Waals surface area contributed by atoms with Crippen LogP contribution in [0.5, 0.6) is 5.75 Å². The zero-order chi connectivity index (χ0) is 25.7. The number of hydrogen-bond acceptors (Lipinski definition) is 6. The van der Waals surface area contributed by atoms with Crippen LogP contribution < -0.4 is 15.0 Å². The molecule has 10 nitrogen and oxygen atoms in total. The summed E-state index contributed by atoms with van der Waals surface area (Å²) in [4.78, 5) is 54.3. The van der Waals surface area contributed by atoms with E-state index in [9.17, 15) is 24.3 Å². The Hall–Kier alpha value is -4.44. The van der Waals surface area contributed by atoms with E-state index in [1.165, 1.54) is 14.7 Å². The number of aliphatic hydroxyl groups excluding tert-OH is 1. The van der Waals surface area contributed by atoms with Gasteiger partial charge in [0.2, 0.25) is 0 Å². The average Bonchev–Trinajstić information content (AvgIpc) is 3.19. The number of likely N-dealkylation sites (tertiary alicyclic amines) is 1. The standard InChI is InChI=1S/C26H24N4O6/c1-14(25(34)29-10-17(31)11-29)27-24(33)15(2)30-12-20-18(5-4-6-19(20)26(30)35)16-7-8-21-22(9-16)36-13-23(32)28(21)3/h4-9,17,31H,1-2,10-13H2,3H3,(H,27,33). The predicted molar refractivity (Wildman–Crippen MR) is 130 cm³/mol. The largest absolute Gasteiger partial charge is 0.482 e. The molecule has 2 aromatic carbocycles. The van der Waals surface area contributed by atoms with Crippen LogP contribution >= 0.6 is 0 Å². The van der Waals surface area contributed by atoms with Crippen LogP contribution in [0.3, 0.4) is 0 Å². The van der Waals surface area contributed by atoms with Crippen molar-refractivity contribution >= 4 is 29.3 Å². The number of anilines is 1. The molecule has 36 heavy (non-hydrogen) atoms. The Morgan fingerprint density at radius 1 is 1.11 bits per heavy atom. The van der Waals surface area contributed by atoms with Gasteiger partial charge < -0.3 is 25.0 Å². The monoisotopic (exact) mass is 488 g/mol. The maximum atomic E-state index is 13.1. The Bertz CT molecular complexity index is 1360. The van der Waals surface area contributed by atoms with Crippen molar-refractivity contribution in [1.82, 2.24) is 15.1 Å². The Balaban J connectivity index is 1.34. The summed E-state index contributed by atoms with van der Waals surface area (Å²) < 4.78 is 5.60. The van der Waals surface area contributed by atoms with E-state index < -0.39 is 17.9 Å². The first kappa shape index (κ1) is 23.3. The highest BCUT2D eigenvalue weighted by atomic mass is 16.5. The van der Waals surface area contributed by atoms with Crippen molar-refractivity contribution in [2.24, 2.45) is 0 Å². The molecular formula is C26H24N4O6. The normalized spacial score (nSPS) is 16.7. The molecule has 0 aliphatic carbocycles. The van der Waals surface area contributed by atoms with Gasteiger partial charge in [0.15, 0.2) is 6.61 Å². The van der Waals surface area contributed by atoms with Crippen LogP contribution in [-0.2, 0) is 20.9 Å². The summed E-state index contributed by atoms with van der Waals surface area (Å²) in [6.45, 7) is 7.81. The van der Waals surface area contributed by atoms with Gasteiger partial charge in [0.05, 0.1) is 24.0 Å². The molecule has 0 saturated carbocycles. The van der Waals surface area contributed by atoms with Gasteiger partial charge in [-0.1, -0.05) is 31.4 Å². The van der Waals surface area contributed by atoms with Crippen molar-refractivity contribution in [2.45, 2.75) is 12.6 Å². The number of nitrogens with one attached hydrogen (secondary N) is 1. The smallest absolute Gasteiger partial charge is 0.271 e. The quantitative estimate of drug-likeness (QED) is 0.607. The summed E-state index contributed by atoms with van der Waals surface area (Å²) in [5.74, 6) is -1.17. The second kappa shape index (κ2) is 8.65. The summed E-state index contributed by atoms with van der Waals surface area (Å²) >= 11 is 0. The van der Waals surface area contributed by atoms with Crippen LogP contribution in [0.25, 0.3) is 11.1 Å². The molecule has 10 heteroatoms. The van der Waals surface area contributed by atoms with Gasteiger partial charge in [-0.25, -0.2) is 0 Å². The first-order chi connectivity index (χ1) is 17.2. The number of carbonyl (C=O) groups is 4. The highest BCUT2D eigenvalue weighted by molar-refractivity contribution is 6.08. The molecule has 0 bridgehead atoms. The highest BCUT2D eigenvalue weighted by Crippen LogP contribution is 2.39. The molecule has 0 radical (unpaired) electrons. The summed E-state index contributed by atoms with van der Waals surface area (Å²) in [7, 11) is 1.69. The van der Waals surface area contributed by atoms with Crippen LogP contribution in [0.15, 0.2) is 61.0 Å². The highest BCUT2D eigenvalue weighted by Gasteiger charge is 2.35. The molecular weight excluding hydrogens is 464 g/mol. The van der Waals surface area contributed by atoms with Crippen LogP contribution in [-0.4, -0.2) is 71.4 Å². The van der Waals surface area contributed by atoms with E-state index in [0.717, 1.165) is 16.7 Å². The number of nitrogens with zero attached hydrogens (tertiary/aromatic N) is 3. The van der Waals surface area contributed by atoms with Crippen LogP contribution in [0.2, 0.25) is 0 Å². The molecule has 1 fully saturated rings. The average molecular weight is 489 g/mol. The van der Waals surface area contributed by atoms with Crippen molar-refractivity contribution in [3.63, 3.8) is 0 Å². The number of carbonyl (C=O) groups excluding carboxylic acids is 4.